The fourth-order valence-electron chi connectivity index (χ4n) is 3.73. The zero-order chi connectivity index (χ0) is 25.1. The predicted octanol–water partition coefficient (Wildman–Crippen LogP) is 2.95. The van der Waals surface area contributed by atoms with Gasteiger partial charge < -0.3 is 25.0 Å². The molecule has 0 saturated carbocycles. The number of carboxylic acid groups (broad SMARTS) is 2. The van der Waals surface area contributed by atoms with Gasteiger partial charge in [0.1, 0.15) is 11.5 Å². The van der Waals surface area contributed by atoms with Gasteiger partial charge in [-0.1, -0.05) is 36.4 Å². The minimum atomic E-state index is -1.82. The number of benzene rings is 2. The summed E-state index contributed by atoms with van der Waals surface area (Å²) in [5.41, 5.74) is 2.28. The number of nitrogens with zero attached hydrogens (tertiary/aromatic N) is 1. The van der Waals surface area contributed by atoms with E-state index in [9.17, 15) is 4.79 Å². The monoisotopic (exact) mass is 472 g/mol. The van der Waals surface area contributed by atoms with E-state index < -0.39 is 11.9 Å². The highest BCUT2D eigenvalue weighted by molar-refractivity contribution is 6.27. The van der Waals surface area contributed by atoms with Gasteiger partial charge in [0.2, 0.25) is 5.91 Å². The number of rotatable bonds is 7. The van der Waals surface area contributed by atoms with Crippen molar-refractivity contribution >= 4 is 17.8 Å². The average Bonchev–Trinajstić information content (AvgIpc) is 2.85. The topological polar surface area (TPSA) is 125 Å². The number of hydrogen-bond donors (Lipinski definition) is 3. The number of nitrogens with one attached hydrogen (secondary N) is 1. The van der Waals surface area contributed by atoms with Crippen LogP contribution in [0.1, 0.15) is 36.9 Å². The third-order valence-corrected chi connectivity index (χ3v) is 5.69. The number of ether oxygens (including phenoxy) is 2. The average molecular weight is 473 g/mol. The summed E-state index contributed by atoms with van der Waals surface area (Å²) in [5, 5.41) is 18.0. The van der Waals surface area contributed by atoms with Crippen LogP contribution in [0.2, 0.25) is 0 Å². The molecule has 2 aromatic rings. The van der Waals surface area contributed by atoms with Crippen LogP contribution in [-0.2, 0) is 20.9 Å². The molecule has 9 nitrogen and oxygen atoms in total. The molecule has 34 heavy (non-hydrogen) atoms. The third kappa shape index (κ3) is 8.08. The highest BCUT2D eigenvalue weighted by Crippen LogP contribution is 2.27. The van der Waals surface area contributed by atoms with Gasteiger partial charge in [0.05, 0.1) is 20.3 Å². The van der Waals surface area contributed by atoms with Crippen molar-refractivity contribution in [1.82, 2.24) is 10.2 Å². The Morgan fingerprint density at radius 2 is 1.62 bits per heavy atom. The first-order valence-corrected chi connectivity index (χ1v) is 11.0. The molecule has 1 amide bonds. The molecule has 1 unspecified atom stereocenters. The Kier molecular flexibility index (Phi) is 10.3. The van der Waals surface area contributed by atoms with Crippen LogP contribution in [0.5, 0.6) is 11.5 Å². The van der Waals surface area contributed by atoms with Gasteiger partial charge in [-0.25, -0.2) is 9.59 Å². The third-order valence-electron chi connectivity index (χ3n) is 5.69. The Labute approximate surface area is 199 Å². The second kappa shape index (κ2) is 13.2. The summed E-state index contributed by atoms with van der Waals surface area (Å²) in [6, 6.07) is 16.1. The van der Waals surface area contributed by atoms with Gasteiger partial charge in [-0.2, -0.15) is 0 Å². The first-order chi connectivity index (χ1) is 16.2. The van der Waals surface area contributed by atoms with Crippen molar-refractivity contribution in [2.45, 2.75) is 32.4 Å². The second-order valence-electron chi connectivity index (χ2n) is 7.98. The molecule has 0 bridgehead atoms. The quantitative estimate of drug-likeness (QED) is 0.525. The first kappa shape index (κ1) is 26.7. The standard InChI is InChI=1S/C23H30N2O3.C2H2O4/c1-17(18-7-5-4-6-8-18)24-23(26)19-11-13-25(14-12-19)16-20-9-10-21(27-2)15-22(20)28-3;3-1(4)2(5)6/h4-10,15,17,19H,11-14,16H2,1-3H3,(H,24,26);(H,3,4)(H,5,6). The van der Waals surface area contributed by atoms with Gasteiger partial charge in [0, 0.05) is 24.1 Å². The normalized spacial score (nSPS) is 14.8. The maximum atomic E-state index is 12.7. The van der Waals surface area contributed by atoms with Gasteiger partial charge in [-0.15, -0.1) is 0 Å². The lowest BCUT2D eigenvalue weighted by atomic mass is 9.94. The van der Waals surface area contributed by atoms with Gasteiger partial charge in [0.15, 0.2) is 0 Å². The Bertz CT molecular complexity index is 945. The zero-order valence-electron chi connectivity index (χ0n) is 19.7. The number of hydrogen-bond acceptors (Lipinski definition) is 6. The zero-order valence-corrected chi connectivity index (χ0v) is 19.7. The number of aliphatic carboxylic acids is 2. The summed E-state index contributed by atoms with van der Waals surface area (Å²) < 4.78 is 10.8. The van der Waals surface area contributed by atoms with Gasteiger partial charge in [0.25, 0.3) is 0 Å². The van der Waals surface area contributed by atoms with E-state index in [-0.39, 0.29) is 17.9 Å². The molecule has 3 rings (SSSR count). The summed E-state index contributed by atoms with van der Waals surface area (Å²) >= 11 is 0. The van der Waals surface area contributed by atoms with Gasteiger partial charge in [-0.05, 0) is 44.5 Å². The highest BCUT2D eigenvalue weighted by atomic mass is 16.5. The predicted molar refractivity (Wildman–Crippen MR) is 126 cm³/mol. The van der Waals surface area contributed by atoms with Crippen molar-refractivity contribution in [3.05, 3.63) is 59.7 Å². The number of carbonyl (C=O) groups excluding carboxylic acids is 1. The van der Waals surface area contributed by atoms with Crippen LogP contribution in [0.4, 0.5) is 0 Å². The van der Waals surface area contributed by atoms with E-state index in [1.165, 1.54) is 0 Å². The highest BCUT2D eigenvalue weighted by Gasteiger charge is 2.26. The van der Waals surface area contributed by atoms with E-state index >= 15 is 0 Å². The van der Waals surface area contributed by atoms with Crippen molar-refractivity contribution in [3.63, 3.8) is 0 Å². The molecule has 1 aliphatic rings. The van der Waals surface area contributed by atoms with Crippen molar-refractivity contribution in [2.24, 2.45) is 5.92 Å². The molecule has 1 saturated heterocycles. The van der Waals surface area contributed by atoms with Crippen molar-refractivity contribution in [2.75, 3.05) is 27.3 Å². The molecule has 184 valence electrons. The summed E-state index contributed by atoms with van der Waals surface area (Å²) in [5.74, 6) is -1.76. The summed E-state index contributed by atoms with van der Waals surface area (Å²) in [4.78, 5) is 33.2. The molecular formula is C25H32N2O7. The number of amides is 1. The molecule has 9 heteroatoms. The van der Waals surface area contributed by atoms with E-state index in [0.29, 0.717) is 0 Å². The lowest BCUT2D eigenvalue weighted by Gasteiger charge is -2.32. The Balaban J connectivity index is 0.000000604. The van der Waals surface area contributed by atoms with Crippen molar-refractivity contribution in [3.8, 4) is 11.5 Å². The fourth-order valence-corrected chi connectivity index (χ4v) is 3.73. The molecule has 1 atom stereocenters. The van der Waals surface area contributed by atoms with Crippen molar-refractivity contribution in [1.29, 1.82) is 0 Å². The minimum absolute atomic E-state index is 0.0373. The van der Waals surface area contributed by atoms with Crippen LogP contribution >= 0.6 is 0 Å². The maximum Gasteiger partial charge on any atom is 0.414 e. The largest absolute Gasteiger partial charge is 0.497 e. The molecule has 0 spiro atoms. The molecule has 2 aromatic carbocycles. The number of carboxylic acids is 2. The van der Waals surface area contributed by atoms with Crippen molar-refractivity contribution < 1.29 is 34.1 Å². The molecule has 1 aliphatic heterocycles. The molecule has 0 aromatic heterocycles. The Hall–Kier alpha value is -3.59. The number of carbonyl (C=O) groups is 3. The smallest absolute Gasteiger partial charge is 0.414 e. The molecule has 0 aliphatic carbocycles. The maximum absolute atomic E-state index is 12.7. The summed E-state index contributed by atoms with van der Waals surface area (Å²) in [6.07, 6.45) is 1.76. The van der Waals surface area contributed by atoms with E-state index in [0.717, 1.165) is 55.1 Å². The van der Waals surface area contributed by atoms with E-state index in [1.807, 2.05) is 37.3 Å². The van der Waals surface area contributed by atoms with Crippen LogP contribution < -0.4 is 14.8 Å². The molecule has 3 N–H and O–H groups in total. The number of methoxy groups -OCH3 is 2. The lowest BCUT2D eigenvalue weighted by Crippen LogP contribution is -2.40. The van der Waals surface area contributed by atoms with Crippen LogP contribution in [-0.4, -0.2) is 60.3 Å². The minimum Gasteiger partial charge on any atom is -0.497 e. The summed E-state index contributed by atoms with van der Waals surface area (Å²) in [6.45, 7) is 4.68. The molecule has 1 fully saturated rings. The first-order valence-electron chi connectivity index (χ1n) is 11.0. The molecule has 0 radical (unpaired) electrons. The van der Waals surface area contributed by atoms with E-state index in [2.05, 4.69) is 28.4 Å². The molecule has 1 heterocycles. The number of likely N-dealkylation sites (tertiary alicyclic amines) is 1. The summed E-state index contributed by atoms with van der Waals surface area (Å²) in [7, 11) is 3.34. The van der Waals surface area contributed by atoms with Gasteiger partial charge >= 0.3 is 11.9 Å². The fraction of sp³-hybridized carbons (Fsp3) is 0.400. The number of piperidine rings is 1. The van der Waals surface area contributed by atoms with E-state index in [4.69, 9.17) is 29.3 Å². The van der Waals surface area contributed by atoms with Crippen LogP contribution in [0, 0.1) is 5.92 Å². The van der Waals surface area contributed by atoms with Gasteiger partial charge in [-0.3, -0.25) is 9.69 Å². The van der Waals surface area contributed by atoms with Crippen LogP contribution in [0.15, 0.2) is 48.5 Å². The Morgan fingerprint density at radius 1 is 1.00 bits per heavy atom. The lowest BCUT2D eigenvalue weighted by molar-refractivity contribution is -0.159. The van der Waals surface area contributed by atoms with Crippen LogP contribution in [0.25, 0.3) is 0 Å². The molecular weight excluding hydrogens is 440 g/mol. The SMILES string of the molecule is COc1ccc(CN2CCC(C(=O)NC(C)c3ccccc3)CC2)c(OC)c1.O=C(O)C(=O)O. The second-order valence-corrected chi connectivity index (χ2v) is 7.98. The van der Waals surface area contributed by atoms with Crippen LogP contribution in [0.3, 0.4) is 0 Å². The van der Waals surface area contributed by atoms with E-state index in [1.54, 1.807) is 14.2 Å². The Morgan fingerprint density at radius 3 is 2.15 bits per heavy atom.